The van der Waals surface area contributed by atoms with Crippen LogP contribution in [0.5, 0.6) is 0 Å². The molecule has 2 heterocycles. The number of amides is 1. The Morgan fingerprint density at radius 3 is 2.89 bits per heavy atom. The van der Waals surface area contributed by atoms with Crippen LogP contribution in [0.15, 0.2) is 41.0 Å². The van der Waals surface area contributed by atoms with Gasteiger partial charge in [0.15, 0.2) is 5.69 Å². The molecule has 0 fully saturated rings. The first-order valence-corrected chi connectivity index (χ1v) is 6.45. The summed E-state index contributed by atoms with van der Waals surface area (Å²) in [5, 5.41) is 9.11. The van der Waals surface area contributed by atoms with Crippen molar-refractivity contribution in [2.75, 3.05) is 4.90 Å². The number of hydrogen-bond acceptors (Lipinski definition) is 3. The molecule has 0 radical (unpaired) electrons. The highest BCUT2D eigenvalue weighted by Crippen LogP contribution is 2.31. The zero-order valence-electron chi connectivity index (χ0n) is 9.80. The maximum atomic E-state index is 12.4. The van der Waals surface area contributed by atoms with Gasteiger partial charge < -0.3 is 4.90 Å². The van der Waals surface area contributed by atoms with Gasteiger partial charge in [0.05, 0.1) is 12.2 Å². The third-order valence-corrected chi connectivity index (χ3v) is 3.49. The van der Waals surface area contributed by atoms with Gasteiger partial charge in [-0.1, -0.05) is 18.2 Å². The summed E-state index contributed by atoms with van der Waals surface area (Å²) in [5.74, 6) is -0.0907. The zero-order valence-corrected chi connectivity index (χ0v) is 11.4. The van der Waals surface area contributed by atoms with E-state index in [-0.39, 0.29) is 11.6 Å². The van der Waals surface area contributed by atoms with Gasteiger partial charge in [0.1, 0.15) is 6.07 Å². The molecule has 0 saturated carbocycles. The Hall–Kier alpha value is -2.19. The summed E-state index contributed by atoms with van der Waals surface area (Å²) in [6, 6.07) is 11.2. The first kappa shape index (κ1) is 11.9. The number of rotatable bonds is 1. The number of aromatic nitrogens is 1. The fraction of sp³-hybridized carbons (Fsp3) is 0.0714. The third kappa shape index (κ3) is 1.90. The van der Waals surface area contributed by atoms with Crippen LogP contribution in [0.2, 0.25) is 0 Å². The lowest BCUT2D eigenvalue weighted by Crippen LogP contribution is -2.24. The maximum Gasteiger partial charge on any atom is 0.259 e. The lowest BCUT2D eigenvalue weighted by atomic mass is 10.1. The number of halogens is 1. The van der Waals surface area contributed by atoms with E-state index in [0.29, 0.717) is 17.8 Å². The highest BCUT2D eigenvalue weighted by atomic mass is 79.9. The van der Waals surface area contributed by atoms with Crippen LogP contribution in [-0.4, -0.2) is 10.9 Å². The molecule has 1 aromatic carbocycles. The molecule has 1 amide bonds. The topological polar surface area (TPSA) is 57.0 Å². The van der Waals surface area contributed by atoms with Crippen LogP contribution >= 0.6 is 15.9 Å². The second-order valence-corrected chi connectivity index (χ2v) is 5.10. The standard InChI is InChI=1S/C14H8BrN3O/c15-10-5-13(12(6-16)17-7-10)18-8-9-3-1-2-4-11(9)14(18)19/h1-5,7H,8H2. The lowest BCUT2D eigenvalue weighted by Gasteiger charge is -2.16. The molecule has 92 valence electrons. The van der Waals surface area contributed by atoms with Crippen molar-refractivity contribution in [1.82, 2.24) is 4.98 Å². The molecule has 0 N–H and O–H groups in total. The predicted molar refractivity (Wildman–Crippen MR) is 73.6 cm³/mol. The monoisotopic (exact) mass is 313 g/mol. The number of nitriles is 1. The molecule has 3 rings (SSSR count). The van der Waals surface area contributed by atoms with Crippen molar-refractivity contribution in [3.8, 4) is 6.07 Å². The molecule has 0 saturated heterocycles. The van der Waals surface area contributed by atoms with Gasteiger partial charge >= 0.3 is 0 Å². The molecule has 1 aliphatic rings. The summed E-state index contributed by atoms with van der Waals surface area (Å²) in [6.45, 7) is 0.474. The largest absolute Gasteiger partial charge is 0.301 e. The average molecular weight is 314 g/mol. The number of fused-ring (bicyclic) bond motifs is 1. The first-order chi connectivity index (χ1) is 9.20. The number of anilines is 1. The molecule has 0 spiro atoms. The number of carbonyl (C=O) groups excluding carboxylic acids is 1. The first-order valence-electron chi connectivity index (χ1n) is 5.66. The second kappa shape index (κ2) is 4.48. The normalized spacial score (nSPS) is 13.3. The molecular weight excluding hydrogens is 306 g/mol. The summed E-state index contributed by atoms with van der Waals surface area (Å²) < 4.78 is 0.741. The Labute approximate surface area is 118 Å². The lowest BCUT2D eigenvalue weighted by molar-refractivity contribution is 0.0996. The van der Waals surface area contributed by atoms with E-state index in [1.54, 1.807) is 23.2 Å². The Morgan fingerprint density at radius 1 is 1.37 bits per heavy atom. The number of carbonyl (C=O) groups is 1. The third-order valence-electron chi connectivity index (χ3n) is 3.05. The average Bonchev–Trinajstić information content (AvgIpc) is 2.76. The summed E-state index contributed by atoms with van der Waals surface area (Å²) in [7, 11) is 0. The molecule has 4 nitrogen and oxygen atoms in total. The van der Waals surface area contributed by atoms with Crippen LogP contribution in [0.4, 0.5) is 5.69 Å². The van der Waals surface area contributed by atoms with E-state index in [1.165, 1.54) is 0 Å². The van der Waals surface area contributed by atoms with Crippen molar-refractivity contribution >= 4 is 27.5 Å². The van der Waals surface area contributed by atoms with E-state index in [9.17, 15) is 4.79 Å². The van der Waals surface area contributed by atoms with Gasteiger partial charge in [-0.3, -0.25) is 4.79 Å². The highest BCUT2D eigenvalue weighted by molar-refractivity contribution is 9.10. The number of pyridine rings is 1. The highest BCUT2D eigenvalue weighted by Gasteiger charge is 2.29. The molecule has 2 aromatic rings. The summed E-state index contributed by atoms with van der Waals surface area (Å²) in [6.07, 6.45) is 1.55. The van der Waals surface area contributed by atoms with E-state index in [2.05, 4.69) is 20.9 Å². The second-order valence-electron chi connectivity index (χ2n) is 4.18. The van der Waals surface area contributed by atoms with Crippen molar-refractivity contribution in [2.24, 2.45) is 0 Å². The summed E-state index contributed by atoms with van der Waals surface area (Å²) in [4.78, 5) is 18.0. The van der Waals surface area contributed by atoms with Crippen molar-refractivity contribution in [3.05, 3.63) is 57.8 Å². The number of hydrogen-bond donors (Lipinski definition) is 0. The van der Waals surface area contributed by atoms with Crippen LogP contribution in [-0.2, 0) is 6.54 Å². The van der Waals surface area contributed by atoms with Crippen LogP contribution in [0.1, 0.15) is 21.6 Å². The van der Waals surface area contributed by atoms with E-state index in [0.717, 1.165) is 10.0 Å². The molecule has 1 aliphatic heterocycles. The summed E-state index contributed by atoms with van der Waals surface area (Å²) >= 11 is 3.32. The van der Waals surface area contributed by atoms with Gasteiger partial charge in [-0.25, -0.2) is 4.98 Å². The fourth-order valence-electron chi connectivity index (χ4n) is 2.17. The molecular formula is C14H8BrN3O. The van der Waals surface area contributed by atoms with Crippen LogP contribution in [0, 0.1) is 11.3 Å². The minimum absolute atomic E-state index is 0.0907. The van der Waals surface area contributed by atoms with E-state index in [4.69, 9.17) is 5.26 Å². The van der Waals surface area contributed by atoms with E-state index >= 15 is 0 Å². The minimum Gasteiger partial charge on any atom is -0.301 e. The Morgan fingerprint density at radius 2 is 2.16 bits per heavy atom. The molecule has 0 atom stereocenters. The van der Waals surface area contributed by atoms with Crippen molar-refractivity contribution in [2.45, 2.75) is 6.54 Å². The Kier molecular flexibility index (Phi) is 2.80. The zero-order chi connectivity index (χ0) is 13.4. The molecule has 19 heavy (non-hydrogen) atoms. The maximum absolute atomic E-state index is 12.4. The molecule has 1 aromatic heterocycles. The quantitative estimate of drug-likeness (QED) is 0.813. The van der Waals surface area contributed by atoms with Crippen LogP contribution < -0.4 is 4.90 Å². The van der Waals surface area contributed by atoms with Gasteiger partial charge in [-0.2, -0.15) is 5.26 Å². The van der Waals surface area contributed by atoms with Gasteiger partial charge in [0.2, 0.25) is 0 Å². The smallest absolute Gasteiger partial charge is 0.259 e. The Bertz CT molecular complexity index is 721. The van der Waals surface area contributed by atoms with Crippen molar-refractivity contribution in [3.63, 3.8) is 0 Å². The van der Waals surface area contributed by atoms with Gasteiger partial charge in [0, 0.05) is 16.2 Å². The molecule has 0 aliphatic carbocycles. The van der Waals surface area contributed by atoms with Gasteiger partial charge in [0.25, 0.3) is 5.91 Å². The molecule has 0 bridgehead atoms. The minimum atomic E-state index is -0.0907. The van der Waals surface area contributed by atoms with Gasteiger partial charge in [-0.15, -0.1) is 0 Å². The summed E-state index contributed by atoms with van der Waals surface area (Å²) in [5.41, 5.74) is 2.45. The molecule has 0 unspecified atom stereocenters. The van der Waals surface area contributed by atoms with E-state index in [1.807, 2.05) is 24.3 Å². The number of benzene rings is 1. The van der Waals surface area contributed by atoms with Crippen molar-refractivity contribution < 1.29 is 4.79 Å². The Balaban J connectivity index is 2.10. The van der Waals surface area contributed by atoms with Crippen LogP contribution in [0.3, 0.4) is 0 Å². The SMILES string of the molecule is N#Cc1ncc(Br)cc1N1Cc2ccccc2C1=O. The number of nitrogens with zero attached hydrogens (tertiary/aromatic N) is 3. The van der Waals surface area contributed by atoms with Gasteiger partial charge in [-0.05, 0) is 33.6 Å². The predicted octanol–water partition coefficient (Wildman–Crippen LogP) is 2.88. The van der Waals surface area contributed by atoms with Crippen molar-refractivity contribution in [1.29, 1.82) is 5.26 Å². The van der Waals surface area contributed by atoms with Crippen LogP contribution in [0.25, 0.3) is 0 Å². The van der Waals surface area contributed by atoms with E-state index < -0.39 is 0 Å². The molecule has 5 heteroatoms. The fourth-order valence-corrected chi connectivity index (χ4v) is 2.49.